The molecule has 1 aromatic carbocycles. The van der Waals surface area contributed by atoms with E-state index >= 15 is 0 Å². The Bertz CT molecular complexity index is 559. The van der Waals surface area contributed by atoms with Gasteiger partial charge in [0.15, 0.2) is 6.10 Å². The highest BCUT2D eigenvalue weighted by molar-refractivity contribution is 5.90. The zero-order chi connectivity index (χ0) is 15.9. The summed E-state index contributed by atoms with van der Waals surface area (Å²) in [5.41, 5.74) is 2.04. The van der Waals surface area contributed by atoms with Crippen LogP contribution in [-0.4, -0.2) is 24.0 Å². The Morgan fingerprint density at radius 3 is 2.64 bits per heavy atom. The van der Waals surface area contributed by atoms with E-state index < -0.39 is 12.1 Å². The van der Waals surface area contributed by atoms with E-state index in [4.69, 9.17) is 4.74 Å². The zero-order valence-corrected chi connectivity index (χ0v) is 13.2. The van der Waals surface area contributed by atoms with Crippen LogP contribution in [0.4, 0.5) is 0 Å². The highest BCUT2D eigenvalue weighted by Crippen LogP contribution is 2.17. The summed E-state index contributed by atoms with van der Waals surface area (Å²) in [5.74, 6) is -0.720. The van der Waals surface area contributed by atoms with Crippen molar-refractivity contribution in [3.05, 3.63) is 41.5 Å². The third-order valence-corrected chi connectivity index (χ3v) is 3.95. The number of aryl methyl sites for hydroxylation is 1. The van der Waals surface area contributed by atoms with Gasteiger partial charge in [-0.05, 0) is 43.9 Å². The number of hydrogen-bond donors (Lipinski definition) is 1. The molecule has 1 aromatic rings. The molecule has 2 rings (SSSR count). The minimum Gasteiger partial charge on any atom is -0.449 e. The quantitative estimate of drug-likeness (QED) is 0.672. The van der Waals surface area contributed by atoms with Gasteiger partial charge in [0.05, 0.1) is 0 Å². The average molecular weight is 301 g/mol. The van der Waals surface area contributed by atoms with Gasteiger partial charge >= 0.3 is 5.97 Å². The third kappa shape index (κ3) is 4.72. The zero-order valence-electron chi connectivity index (χ0n) is 13.2. The number of carbonyl (C=O) groups excluding carboxylic acids is 2. The van der Waals surface area contributed by atoms with Crippen molar-refractivity contribution >= 4 is 18.0 Å². The molecule has 4 nitrogen and oxygen atoms in total. The number of nitrogens with one attached hydrogen (secondary N) is 1. The normalized spacial score (nSPS) is 16.6. The average Bonchev–Trinajstić information content (AvgIpc) is 2.99. The van der Waals surface area contributed by atoms with Gasteiger partial charge in [0.1, 0.15) is 0 Å². The van der Waals surface area contributed by atoms with Crippen molar-refractivity contribution in [2.45, 2.75) is 51.7 Å². The van der Waals surface area contributed by atoms with Gasteiger partial charge < -0.3 is 10.1 Å². The minimum atomic E-state index is -0.769. The Balaban J connectivity index is 1.83. The molecule has 0 heterocycles. The molecule has 0 unspecified atom stereocenters. The molecule has 1 aliphatic carbocycles. The lowest BCUT2D eigenvalue weighted by Gasteiger charge is -2.16. The van der Waals surface area contributed by atoms with Gasteiger partial charge in [-0.25, -0.2) is 4.79 Å². The monoisotopic (exact) mass is 301 g/mol. The predicted molar refractivity (Wildman–Crippen MR) is 86.2 cm³/mol. The van der Waals surface area contributed by atoms with Gasteiger partial charge in [0.2, 0.25) is 0 Å². The maximum absolute atomic E-state index is 12.0. The molecule has 0 spiro atoms. The molecule has 1 aliphatic rings. The van der Waals surface area contributed by atoms with Crippen LogP contribution in [0.1, 0.15) is 43.7 Å². The molecule has 0 aromatic heterocycles. The molecule has 118 valence electrons. The van der Waals surface area contributed by atoms with Gasteiger partial charge in [-0.15, -0.1) is 0 Å². The summed E-state index contributed by atoms with van der Waals surface area (Å²) in [6.07, 6.45) is 6.63. The molecular weight excluding hydrogens is 278 g/mol. The maximum atomic E-state index is 12.0. The number of amides is 1. The van der Waals surface area contributed by atoms with Crippen LogP contribution >= 0.6 is 0 Å². The van der Waals surface area contributed by atoms with Crippen LogP contribution in [-0.2, 0) is 14.3 Å². The van der Waals surface area contributed by atoms with E-state index in [1.165, 1.54) is 6.08 Å². The minimum absolute atomic E-state index is 0.218. The first kappa shape index (κ1) is 16.3. The number of carbonyl (C=O) groups is 2. The van der Waals surface area contributed by atoms with E-state index in [2.05, 4.69) is 5.32 Å². The first-order chi connectivity index (χ1) is 10.6. The Hall–Kier alpha value is -2.10. The molecule has 1 amide bonds. The van der Waals surface area contributed by atoms with Crippen LogP contribution in [0, 0.1) is 6.92 Å². The fourth-order valence-electron chi connectivity index (χ4n) is 2.59. The van der Waals surface area contributed by atoms with Gasteiger partial charge in [0, 0.05) is 12.1 Å². The van der Waals surface area contributed by atoms with E-state index in [0.717, 1.165) is 36.8 Å². The molecule has 1 saturated carbocycles. The molecule has 4 heteroatoms. The number of ether oxygens (including phenoxy) is 1. The smallest absolute Gasteiger partial charge is 0.331 e. The Morgan fingerprint density at radius 2 is 1.95 bits per heavy atom. The second kappa shape index (κ2) is 7.78. The van der Waals surface area contributed by atoms with Crippen LogP contribution in [0.2, 0.25) is 0 Å². The van der Waals surface area contributed by atoms with Gasteiger partial charge in [-0.2, -0.15) is 0 Å². The van der Waals surface area contributed by atoms with Crippen LogP contribution in [0.15, 0.2) is 30.3 Å². The summed E-state index contributed by atoms with van der Waals surface area (Å²) < 4.78 is 5.15. The van der Waals surface area contributed by atoms with Gasteiger partial charge in [-0.3, -0.25) is 4.79 Å². The lowest BCUT2D eigenvalue weighted by Crippen LogP contribution is -2.40. The second-order valence-corrected chi connectivity index (χ2v) is 5.76. The maximum Gasteiger partial charge on any atom is 0.331 e. The lowest BCUT2D eigenvalue weighted by molar-refractivity contribution is -0.150. The van der Waals surface area contributed by atoms with Crippen LogP contribution < -0.4 is 5.32 Å². The van der Waals surface area contributed by atoms with Crippen molar-refractivity contribution in [2.24, 2.45) is 0 Å². The highest BCUT2D eigenvalue weighted by Gasteiger charge is 2.22. The summed E-state index contributed by atoms with van der Waals surface area (Å²) in [7, 11) is 0. The van der Waals surface area contributed by atoms with E-state index in [1.807, 2.05) is 31.2 Å². The number of benzene rings is 1. The van der Waals surface area contributed by atoms with E-state index in [1.54, 1.807) is 13.0 Å². The van der Waals surface area contributed by atoms with Crippen molar-refractivity contribution in [3.63, 3.8) is 0 Å². The van der Waals surface area contributed by atoms with Crippen molar-refractivity contribution in [1.29, 1.82) is 0 Å². The molecule has 0 radical (unpaired) electrons. The Labute approximate surface area is 131 Å². The number of rotatable bonds is 5. The molecule has 1 N–H and O–H groups in total. The van der Waals surface area contributed by atoms with Gasteiger partial charge in [0.25, 0.3) is 5.91 Å². The van der Waals surface area contributed by atoms with Crippen LogP contribution in [0.3, 0.4) is 0 Å². The number of esters is 1. The largest absolute Gasteiger partial charge is 0.449 e. The van der Waals surface area contributed by atoms with Crippen LogP contribution in [0.25, 0.3) is 6.08 Å². The van der Waals surface area contributed by atoms with Crippen molar-refractivity contribution in [3.8, 4) is 0 Å². The Morgan fingerprint density at radius 1 is 1.27 bits per heavy atom. The standard InChI is InChI=1S/C18H23NO3/c1-13-7-3-4-8-15(13)11-12-17(20)22-14(2)18(21)19-16-9-5-6-10-16/h3-4,7-8,11-12,14,16H,5-6,9-10H2,1-2H3,(H,19,21)/b12-11+/t14-/m0/s1. The van der Waals surface area contributed by atoms with Crippen molar-refractivity contribution < 1.29 is 14.3 Å². The molecule has 0 bridgehead atoms. The molecule has 1 atom stereocenters. The van der Waals surface area contributed by atoms with Crippen molar-refractivity contribution in [2.75, 3.05) is 0 Å². The Kier molecular flexibility index (Phi) is 5.75. The van der Waals surface area contributed by atoms with E-state index in [9.17, 15) is 9.59 Å². The fourth-order valence-corrected chi connectivity index (χ4v) is 2.59. The highest BCUT2D eigenvalue weighted by atomic mass is 16.5. The number of hydrogen-bond acceptors (Lipinski definition) is 3. The summed E-state index contributed by atoms with van der Waals surface area (Å²) in [4.78, 5) is 23.7. The molecule has 1 fully saturated rings. The summed E-state index contributed by atoms with van der Waals surface area (Å²) in [6.45, 7) is 3.58. The fraction of sp³-hybridized carbons (Fsp3) is 0.444. The van der Waals surface area contributed by atoms with E-state index in [0.29, 0.717) is 0 Å². The molecule has 22 heavy (non-hydrogen) atoms. The molecule has 0 saturated heterocycles. The first-order valence-corrected chi connectivity index (χ1v) is 7.81. The summed E-state index contributed by atoms with van der Waals surface area (Å²) in [5, 5.41) is 2.93. The topological polar surface area (TPSA) is 55.4 Å². The predicted octanol–water partition coefficient (Wildman–Crippen LogP) is 3.00. The second-order valence-electron chi connectivity index (χ2n) is 5.76. The summed E-state index contributed by atoms with van der Waals surface area (Å²) in [6, 6.07) is 7.99. The first-order valence-electron chi connectivity index (χ1n) is 7.81. The summed E-state index contributed by atoms with van der Waals surface area (Å²) >= 11 is 0. The third-order valence-electron chi connectivity index (χ3n) is 3.95. The lowest BCUT2D eigenvalue weighted by atomic mass is 10.1. The van der Waals surface area contributed by atoms with Crippen LogP contribution in [0.5, 0.6) is 0 Å². The van der Waals surface area contributed by atoms with Gasteiger partial charge in [-0.1, -0.05) is 37.1 Å². The van der Waals surface area contributed by atoms with E-state index in [-0.39, 0.29) is 11.9 Å². The molecule has 0 aliphatic heterocycles. The SMILES string of the molecule is Cc1ccccc1/C=C/C(=O)O[C@@H](C)C(=O)NC1CCCC1. The van der Waals surface area contributed by atoms with Crippen molar-refractivity contribution in [1.82, 2.24) is 5.32 Å². The molecular formula is C18H23NO3.